The Morgan fingerprint density at radius 3 is 0.800 bits per heavy atom. The minimum atomic E-state index is -2.61. The Kier molecular flexibility index (Phi) is 41.5. The quantitative estimate of drug-likeness (QED) is 0.285. The normalized spacial score (nSPS) is 7.00. The van der Waals surface area contributed by atoms with Gasteiger partial charge in [0.05, 0.1) is 0 Å². The SMILES string of the molecule is O=S(O)O.O=S(O)O.[CaH2].[KH]. The molecule has 10 heteroatoms. The van der Waals surface area contributed by atoms with Crippen LogP contribution in [-0.4, -0.2) is 116 Å². The molecule has 0 atom stereocenters. The molecular formula is H7CaKO6S2. The Morgan fingerprint density at radius 1 is 0.800 bits per heavy atom. The maximum absolute atomic E-state index is 8.67. The van der Waals surface area contributed by atoms with E-state index in [1.807, 2.05) is 0 Å². The Labute approximate surface area is 135 Å². The second-order valence-electron chi connectivity index (χ2n) is 0.461. The molecule has 0 aromatic carbocycles. The van der Waals surface area contributed by atoms with E-state index in [1.54, 1.807) is 0 Å². The van der Waals surface area contributed by atoms with E-state index in [1.165, 1.54) is 0 Å². The van der Waals surface area contributed by atoms with E-state index in [2.05, 4.69) is 0 Å². The molecule has 10 heavy (non-hydrogen) atoms. The van der Waals surface area contributed by atoms with Crippen LogP contribution in [0.15, 0.2) is 0 Å². The molecule has 0 rings (SSSR count). The Morgan fingerprint density at radius 2 is 0.800 bits per heavy atom. The average Bonchev–Trinajstić information content (AvgIpc) is 1.25. The van der Waals surface area contributed by atoms with Crippen LogP contribution in [0.1, 0.15) is 0 Å². The molecule has 0 radical (unpaired) electrons. The zero-order valence-corrected chi connectivity index (χ0v) is 5.05. The summed E-state index contributed by atoms with van der Waals surface area (Å²) >= 11 is -5.22. The van der Waals surface area contributed by atoms with Crippen LogP contribution in [0.3, 0.4) is 0 Å². The van der Waals surface area contributed by atoms with Crippen LogP contribution in [0.5, 0.6) is 0 Å². The van der Waals surface area contributed by atoms with Gasteiger partial charge < -0.3 is 0 Å². The number of rotatable bonds is 0. The molecule has 0 aliphatic carbocycles. The summed E-state index contributed by atoms with van der Waals surface area (Å²) in [6.07, 6.45) is 0. The number of hydrogen-bond acceptors (Lipinski definition) is 2. The second-order valence-corrected chi connectivity index (χ2v) is 1.38. The van der Waals surface area contributed by atoms with Crippen molar-refractivity contribution in [2.75, 3.05) is 0 Å². The fourth-order valence-electron chi connectivity index (χ4n) is 0. The van der Waals surface area contributed by atoms with Crippen LogP contribution in [0, 0.1) is 0 Å². The van der Waals surface area contributed by atoms with Gasteiger partial charge >= 0.3 is 89.1 Å². The summed E-state index contributed by atoms with van der Waals surface area (Å²) in [5.41, 5.74) is 0. The molecule has 0 fully saturated rings. The van der Waals surface area contributed by atoms with Crippen molar-refractivity contribution in [3.8, 4) is 0 Å². The average molecular weight is 246 g/mol. The fourth-order valence-corrected chi connectivity index (χ4v) is 0. The molecule has 4 N–H and O–H groups in total. The van der Waals surface area contributed by atoms with Crippen LogP contribution in [0.25, 0.3) is 0 Å². The molecular weight excluding hydrogens is 239 g/mol. The zero-order valence-electron chi connectivity index (χ0n) is 3.42. The third-order valence-corrected chi connectivity index (χ3v) is 0. The molecule has 0 aliphatic heterocycles. The van der Waals surface area contributed by atoms with Crippen molar-refractivity contribution in [2.45, 2.75) is 0 Å². The standard InChI is InChI=1S/Ca.K.2H2O3S.3H/c;;2*1-4(2)3;;;/h;;2*(H2,1,2,3);;;. The fraction of sp³-hybridized carbons (Fsp3) is 0. The molecule has 0 aromatic heterocycles. The number of hydrogen-bond donors (Lipinski definition) is 4. The van der Waals surface area contributed by atoms with Crippen LogP contribution in [-0.2, 0) is 22.7 Å². The second kappa shape index (κ2) is 18.0. The maximum atomic E-state index is 8.67. The van der Waals surface area contributed by atoms with Crippen LogP contribution < -0.4 is 0 Å². The Bertz CT molecular complexity index is 73.7. The third-order valence-electron chi connectivity index (χ3n) is 0. The van der Waals surface area contributed by atoms with Gasteiger partial charge in [0.1, 0.15) is 0 Å². The summed E-state index contributed by atoms with van der Waals surface area (Å²) in [5, 5.41) is 0. The molecule has 0 aliphatic rings. The summed E-state index contributed by atoms with van der Waals surface area (Å²) in [5.74, 6) is 0. The third kappa shape index (κ3) is 121. The zero-order chi connectivity index (χ0) is 7.15. The van der Waals surface area contributed by atoms with Gasteiger partial charge in [0.15, 0.2) is 0 Å². The van der Waals surface area contributed by atoms with E-state index < -0.39 is 22.7 Å². The molecule has 6 nitrogen and oxygen atoms in total. The van der Waals surface area contributed by atoms with Crippen LogP contribution in [0.2, 0.25) is 0 Å². The first-order valence-corrected chi connectivity index (χ1v) is 3.19. The van der Waals surface area contributed by atoms with Gasteiger partial charge in [-0.25, -0.2) is 0 Å². The van der Waals surface area contributed by atoms with Crippen molar-refractivity contribution in [1.29, 1.82) is 0 Å². The van der Waals surface area contributed by atoms with Gasteiger partial charge in [0, 0.05) is 0 Å². The molecule has 58 valence electrons. The van der Waals surface area contributed by atoms with Crippen molar-refractivity contribution in [3.63, 3.8) is 0 Å². The van der Waals surface area contributed by atoms with Crippen LogP contribution in [0.4, 0.5) is 0 Å². The summed E-state index contributed by atoms with van der Waals surface area (Å²) in [6, 6.07) is 0. The van der Waals surface area contributed by atoms with Crippen LogP contribution >= 0.6 is 0 Å². The van der Waals surface area contributed by atoms with Crippen molar-refractivity contribution in [2.24, 2.45) is 0 Å². The first-order chi connectivity index (χ1) is 3.46. The molecule has 0 spiro atoms. The van der Waals surface area contributed by atoms with Crippen molar-refractivity contribution < 1.29 is 26.6 Å². The predicted molar refractivity (Wildman–Crippen MR) is 42.5 cm³/mol. The molecule has 0 aromatic rings. The Balaban J connectivity index is -0.0000000300. The first-order valence-electron chi connectivity index (χ1n) is 1.06. The van der Waals surface area contributed by atoms with E-state index in [-0.39, 0.29) is 89.1 Å². The minimum absolute atomic E-state index is 0. The summed E-state index contributed by atoms with van der Waals surface area (Å²) in [6.45, 7) is 0. The molecule has 0 bridgehead atoms. The van der Waals surface area contributed by atoms with E-state index in [4.69, 9.17) is 26.6 Å². The Hall–Kier alpha value is 3.04. The van der Waals surface area contributed by atoms with Crippen molar-refractivity contribution >= 4 is 112 Å². The molecule has 0 saturated carbocycles. The van der Waals surface area contributed by atoms with Gasteiger partial charge in [-0.2, -0.15) is 8.42 Å². The van der Waals surface area contributed by atoms with Crippen molar-refractivity contribution in [3.05, 3.63) is 0 Å². The van der Waals surface area contributed by atoms with E-state index in [0.29, 0.717) is 0 Å². The summed E-state index contributed by atoms with van der Waals surface area (Å²) in [7, 11) is 0. The summed E-state index contributed by atoms with van der Waals surface area (Å²) < 4.78 is 45.7. The van der Waals surface area contributed by atoms with E-state index in [0.717, 1.165) is 0 Å². The predicted octanol–water partition coefficient (Wildman–Crippen LogP) is -2.20. The van der Waals surface area contributed by atoms with Gasteiger partial charge in [-0.15, -0.1) is 0 Å². The van der Waals surface area contributed by atoms with E-state index in [9.17, 15) is 0 Å². The topological polar surface area (TPSA) is 115 Å². The first kappa shape index (κ1) is 23.1. The van der Waals surface area contributed by atoms with Gasteiger partial charge in [-0.05, 0) is 0 Å². The summed E-state index contributed by atoms with van der Waals surface area (Å²) in [4.78, 5) is 0. The van der Waals surface area contributed by atoms with Gasteiger partial charge in [-0.1, -0.05) is 0 Å². The van der Waals surface area contributed by atoms with Gasteiger partial charge in [0.25, 0.3) is 22.7 Å². The van der Waals surface area contributed by atoms with E-state index >= 15 is 0 Å². The van der Waals surface area contributed by atoms with Gasteiger partial charge in [-0.3, -0.25) is 18.2 Å². The molecule has 0 unspecified atom stereocenters. The monoisotopic (exact) mass is 246 g/mol. The molecule has 0 saturated heterocycles. The van der Waals surface area contributed by atoms with Gasteiger partial charge in [0.2, 0.25) is 0 Å². The molecule has 0 heterocycles. The van der Waals surface area contributed by atoms with Crippen molar-refractivity contribution in [1.82, 2.24) is 0 Å². The molecule has 0 amide bonds.